The van der Waals surface area contributed by atoms with Gasteiger partial charge in [-0.05, 0) is 61.1 Å². The number of amides is 1. The third-order valence-electron chi connectivity index (χ3n) is 4.28. The van der Waals surface area contributed by atoms with Crippen LogP contribution in [0.5, 0.6) is 11.5 Å². The van der Waals surface area contributed by atoms with Gasteiger partial charge in [0, 0.05) is 11.3 Å². The lowest BCUT2D eigenvalue weighted by molar-refractivity contribution is 0.102. The molecule has 0 atom stereocenters. The molecule has 1 heterocycles. The van der Waals surface area contributed by atoms with Crippen LogP contribution in [0.15, 0.2) is 36.4 Å². The Morgan fingerprint density at radius 1 is 1.00 bits per heavy atom. The van der Waals surface area contributed by atoms with E-state index in [9.17, 15) is 4.79 Å². The number of aryl methyl sites for hydroxylation is 1. The Kier molecular flexibility index (Phi) is 3.22. The van der Waals surface area contributed by atoms with Crippen LogP contribution in [-0.4, -0.2) is 12.7 Å². The molecule has 4 heteroatoms. The summed E-state index contributed by atoms with van der Waals surface area (Å²) in [6, 6.07) is 11.4. The zero-order valence-electron chi connectivity index (χ0n) is 12.2. The topological polar surface area (TPSA) is 47.6 Å². The highest BCUT2D eigenvalue weighted by molar-refractivity contribution is 6.05. The molecule has 0 radical (unpaired) electrons. The molecule has 112 valence electrons. The van der Waals surface area contributed by atoms with Crippen molar-refractivity contribution in [3.63, 3.8) is 0 Å². The summed E-state index contributed by atoms with van der Waals surface area (Å²) in [4.78, 5) is 12.5. The van der Waals surface area contributed by atoms with Crippen molar-refractivity contribution >= 4 is 11.6 Å². The van der Waals surface area contributed by atoms with E-state index in [0.29, 0.717) is 17.1 Å². The predicted molar refractivity (Wildman–Crippen MR) is 83.6 cm³/mol. The molecule has 0 saturated heterocycles. The smallest absolute Gasteiger partial charge is 0.255 e. The Morgan fingerprint density at radius 2 is 1.86 bits per heavy atom. The van der Waals surface area contributed by atoms with Gasteiger partial charge in [0.05, 0.1) is 0 Å². The second kappa shape index (κ2) is 5.37. The number of carbonyl (C=O) groups is 1. The molecule has 1 N–H and O–H groups in total. The summed E-state index contributed by atoms with van der Waals surface area (Å²) >= 11 is 0. The first kappa shape index (κ1) is 13.2. The molecule has 2 aliphatic rings. The second-order valence-corrected chi connectivity index (χ2v) is 5.67. The van der Waals surface area contributed by atoms with Crippen molar-refractivity contribution < 1.29 is 14.3 Å². The maximum absolute atomic E-state index is 12.5. The maximum Gasteiger partial charge on any atom is 0.255 e. The molecule has 0 aromatic heterocycles. The van der Waals surface area contributed by atoms with Crippen molar-refractivity contribution in [2.75, 3.05) is 12.1 Å². The zero-order chi connectivity index (χ0) is 14.9. The lowest BCUT2D eigenvalue weighted by Gasteiger charge is -2.19. The highest BCUT2D eigenvalue weighted by atomic mass is 16.7. The van der Waals surface area contributed by atoms with Crippen LogP contribution in [0.2, 0.25) is 0 Å². The van der Waals surface area contributed by atoms with Crippen LogP contribution in [-0.2, 0) is 12.8 Å². The van der Waals surface area contributed by atoms with E-state index in [1.807, 2.05) is 12.1 Å². The van der Waals surface area contributed by atoms with Crippen molar-refractivity contribution in [3.8, 4) is 11.5 Å². The van der Waals surface area contributed by atoms with Crippen molar-refractivity contribution in [1.29, 1.82) is 0 Å². The predicted octanol–water partition coefficient (Wildman–Crippen LogP) is 3.55. The van der Waals surface area contributed by atoms with E-state index < -0.39 is 0 Å². The molecule has 22 heavy (non-hydrogen) atoms. The highest BCUT2D eigenvalue weighted by Gasteiger charge is 2.18. The number of benzene rings is 2. The normalized spacial score (nSPS) is 15.3. The highest BCUT2D eigenvalue weighted by Crippen LogP contribution is 2.33. The third kappa shape index (κ3) is 2.30. The Morgan fingerprint density at radius 3 is 2.82 bits per heavy atom. The van der Waals surface area contributed by atoms with Gasteiger partial charge in [-0.1, -0.05) is 12.1 Å². The summed E-state index contributed by atoms with van der Waals surface area (Å²) in [5.41, 5.74) is 4.15. The van der Waals surface area contributed by atoms with E-state index in [0.717, 1.165) is 18.5 Å². The van der Waals surface area contributed by atoms with Gasteiger partial charge in [-0.15, -0.1) is 0 Å². The second-order valence-electron chi connectivity index (χ2n) is 5.67. The average Bonchev–Trinajstić information content (AvgIpc) is 3.02. The van der Waals surface area contributed by atoms with Gasteiger partial charge >= 0.3 is 0 Å². The molecule has 0 spiro atoms. The molecule has 1 aliphatic carbocycles. The van der Waals surface area contributed by atoms with Crippen LogP contribution in [0, 0.1) is 0 Å². The first-order valence-corrected chi connectivity index (χ1v) is 7.63. The standard InChI is InChI=1S/C18H17NO3/c20-18(13-8-9-16-17(10-13)22-11-21-16)19-15-7-3-5-12-4-1-2-6-14(12)15/h3,5,7-10H,1-2,4,6,11H2,(H,19,20). The van der Waals surface area contributed by atoms with Gasteiger partial charge in [-0.2, -0.15) is 0 Å². The summed E-state index contributed by atoms with van der Waals surface area (Å²) in [5.74, 6) is 1.20. The van der Waals surface area contributed by atoms with E-state index in [1.165, 1.54) is 24.0 Å². The number of nitrogens with one attached hydrogen (secondary N) is 1. The average molecular weight is 295 g/mol. The van der Waals surface area contributed by atoms with Crippen molar-refractivity contribution in [2.45, 2.75) is 25.7 Å². The molecule has 2 aromatic carbocycles. The summed E-state index contributed by atoms with van der Waals surface area (Å²) in [6.45, 7) is 0.215. The quantitative estimate of drug-likeness (QED) is 0.921. The van der Waals surface area contributed by atoms with E-state index >= 15 is 0 Å². The van der Waals surface area contributed by atoms with Gasteiger partial charge in [0.2, 0.25) is 6.79 Å². The summed E-state index contributed by atoms with van der Waals surface area (Å²) in [5, 5.41) is 3.04. The number of rotatable bonds is 2. The van der Waals surface area contributed by atoms with Crippen LogP contribution in [0.1, 0.15) is 34.3 Å². The Balaban J connectivity index is 1.60. The fourth-order valence-electron chi connectivity index (χ4n) is 3.13. The Labute approximate surface area is 129 Å². The number of anilines is 1. The van der Waals surface area contributed by atoms with Gasteiger partial charge in [-0.25, -0.2) is 0 Å². The molecule has 4 nitrogen and oxygen atoms in total. The molecule has 0 fully saturated rings. The summed E-state index contributed by atoms with van der Waals surface area (Å²) in [6.07, 6.45) is 4.55. The summed E-state index contributed by atoms with van der Waals surface area (Å²) in [7, 11) is 0. The fraction of sp³-hybridized carbons (Fsp3) is 0.278. The van der Waals surface area contributed by atoms with Gasteiger partial charge in [0.15, 0.2) is 11.5 Å². The van der Waals surface area contributed by atoms with Crippen LogP contribution >= 0.6 is 0 Å². The van der Waals surface area contributed by atoms with E-state index in [1.54, 1.807) is 18.2 Å². The number of carbonyl (C=O) groups excluding carboxylic acids is 1. The minimum Gasteiger partial charge on any atom is -0.454 e. The van der Waals surface area contributed by atoms with E-state index in [-0.39, 0.29) is 12.7 Å². The number of fused-ring (bicyclic) bond motifs is 2. The monoisotopic (exact) mass is 295 g/mol. The van der Waals surface area contributed by atoms with Gasteiger partial charge in [0.25, 0.3) is 5.91 Å². The van der Waals surface area contributed by atoms with Crippen LogP contribution in [0.4, 0.5) is 5.69 Å². The molecular formula is C18H17NO3. The number of ether oxygens (including phenoxy) is 2. The minimum absolute atomic E-state index is 0.114. The molecule has 4 rings (SSSR count). The zero-order valence-corrected chi connectivity index (χ0v) is 12.2. The van der Waals surface area contributed by atoms with Gasteiger partial charge < -0.3 is 14.8 Å². The summed E-state index contributed by atoms with van der Waals surface area (Å²) < 4.78 is 10.6. The van der Waals surface area contributed by atoms with Crippen molar-refractivity contribution in [2.24, 2.45) is 0 Å². The first-order valence-electron chi connectivity index (χ1n) is 7.63. The Bertz CT molecular complexity index is 739. The lowest BCUT2D eigenvalue weighted by atomic mass is 9.90. The van der Waals surface area contributed by atoms with Crippen LogP contribution in [0.25, 0.3) is 0 Å². The van der Waals surface area contributed by atoms with Crippen LogP contribution in [0.3, 0.4) is 0 Å². The number of hydrogen-bond acceptors (Lipinski definition) is 3. The molecule has 1 amide bonds. The lowest BCUT2D eigenvalue weighted by Crippen LogP contribution is -2.15. The largest absolute Gasteiger partial charge is 0.454 e. The first-order chi connectivity index (χ1) is 10.8. The maximum atomic E-state index is 12.5. The Hall–Kier alpha value is -2.49. The molecule has 2 aromatic rings. The number of hydrogen-bond donors (Lipinski definition) is 1. The van der Waals surface area contributed by atoms with Crippen molar-refractivity contribution in [1.82, 2.24) is 0 Å². The SMILES string of the molecule is O=C(Nc1cccc2c1CCCC2)c1ccc2c(c1)OCO2. The van der Waals surface area contributed by atoms with Gasteiger partial charge in [0.1, 0.15) is 0 Å². The molecule has 0 unspecified atom stereocenters. The van der Waals surface area contributed by atoms with Crippen LogP contribution < -0.4 is 14.8 Å². The fourth-order valence-corrected chi connectivity index (χ4v) is 3.13. The van der Waals surface area contributed by atoms with E-state index in [4.69, 9.17) is 9.47 Å². The third-order valence-corrected chi connectivity index (χ3v) is 4.28. The van der Waals surface area contributed by atoms with Crippen molar-refractivity contribution in [3.05, 3.63) is 53.1 Å². The molecule has 0 saturated carbocycles. The molecule has 0 bridgehead atoms. The molecule has 1 aliphatic heterocycles. The van der Waals surface area contributed by atoms with Gasteiger partial charge in [-0.3, -0.25) is 4.79 Å². The molecular weight excluding hydrogens is 278 g/mol. The van der Waals surface area contributed by atoms with E-state index in [2.05, 4.69) is 11.4 Å². The minimum atomic E-state index is -0.114.